The first-order chi connectivity index (χ1) is 14.9. The van der Waals surface area contributed by atoms with Gasteiger partial charge in [0.25, 0.3) is 0 Å². The standard InChI is InChI=1S/C27H37NO3/c1-4-20-21-11-9-17(16-29)13-18(21)10-12-22(20)23-14-24(26(31)27(23,2)3)28-15-19-7-5-6-8-25(19)30/h5-9,11,13,20,22-24,26,28-31H,4,10,12,14-16H2,1-3H3/t20?,22?,23?,24?,26-/m0/s1. The highest BCUT2D eigenvalue weighted by molar-refractivity contribution is 5.37. The summed E-state index contributed by atoms with van der Waals surface area (Å²) in [5.41, 5.74) is 4.52. The third kappa shape index (κ3) is 4.13. The van der Waals surface area contributed by atoms with Gasteiger partial charge in [-0.05, 0) is 71.6 Å². The van der Waals surface area contributed by atoms with Crippen LogP contribution in [0.4, 0.5) is 0 Å². The summed E-state index contributed by atoms with van der Waals surface area (Å²) < 4.78 is 0. The number of aliphatic hydroxyl groups is 2. The molecule has 0 bridgehead atoms. The second-order valence-electron chi connectivity index (χ2n) is 10.1. The highest BCUT2D eigenvalue weighted by atomic mass is 16.3. The maximum absolute atomic E-state index is 11.2. The van der Waals surface area contributed by atoms with Crippen molar-refractivity contribution < 1.29 is 15.3 Å². The van der Waals surface area contributed by atoms with Crippen LogP contribution >= 0.6 is 0 Å². The molecule has 4 heteroatoms. The van der Waals surface area contributed by atoms with E-state index < -0.39 is 6.10 Å². The Morgan fingerprint density at radius 2 is 1.90 bits per heavy atom. The zero-order valence-electron chi connectivity index (χ0n) is 19.0. The lowest BCUT2D eigenvalue weighted by Gasteiger charge is -2.43. The van der Waals surface area contributed by atoms with E-state index in [0.717, 1.165) is 36.8 Å². The number of aliphatic hydroxyl groups excluding tert-OH is 2. The molecule has 4 nitrogen and oxygen atoms in total. The van der Waals surface area contributed by atoms with Gasteiger partial charge in [0.05, 0.1) is 12.7 Å². The van der Waals surface area contributed by atoms with E-state index in [-0.39, 0.29) is 18.1 Å². The number of fused-ring (bicyclic) bond motifs is 1. The summed E-state index contributed by atoms with van der Waals surface area (Å²) in [6.07, 6.45) is 3.80. The van der Waals surface area contributed by atoms with Crippen molar-refractivity contribution in [2.75, 3.05) is 0 Å². The Labute approximate surface area is 186 Å². The number of phenols is 1. The monoisotopic (exact) mass is 423 g/mol. The van der Waals surface area contributed by atoms with Crippen LogP contribution in [0.15, 0.2) is 42.5 Å². The van der Waals surface area contributed by atoms with Crippen LogP contribution in [0.2, 0.25) is 0 Å². The Morgan fingerprint density at radius 1 is 1.13 bits per heavy atom. The third-order valence-corrected chi connectivity index (χ3v) is 8.16. The number of rotatable bonds is 6. The summed E-state index contributed by atoms with van der Waals surface area (Å²) in [5.74, 6) is 1.76. The van der Waals surface area contributed by atoms with Crippen molar-refractivity contribution in [2.45, 2.75) is 77.7 Å². The molecule has 2 aliphatic rings. The number of hydrogen-bond acceptors (Lipinski definition) is 4. The largest absolute Gasteiger partial charge is 0.508 e. The summed E-state index contributed by atoms with van der Waals surface area (Å²) in [4.78, 5) is 0. The average molecular weight is 424 g/mol. The van der Waals surface area contributed by atoms with Gasteiger partial charge in [-0.15, -0.1) is 0 Å². The van der Waals surface area contributed by atoms with Crippen molar-refractivity contribution in [3.05, 3.63) is 64.7 Å². The molecule has 4 unspecified atom stereocenters. The number of benzene rings is 2. The lowest BCUT2D eigenvalue weighted by Crippen LogP contribution is -2.42. The molecule has 31 heavy (non-hydrogen) atoms. The third-order valence-electron chi connectivity index (χ3n) is 8.16. The fourth-order valence-electron chi connectivity index (χ4n) is 6.36. The van der Waals surface area contributed by atoms with E-state index in [1.165, 1.54) is 11.1 Å². The topological polar surface area (TPSA) is 72.7 Å². The van der Waals surface area contributed by atoms with Crippen molar-refractivity contribution in [3.63, 3.8) is 0 Å². The maximum atomic E-state index is 11.2. The first-order valence-electron chi connectivity index (χ1n) is 11.8. The molecular formula is C27H37NO3. The van der Waals surface area contributed by atoms with Crippen LogP contribution in [0.1, 0.15) is 68.2 Å². The van der Waals surface area contributed by atoms with Crippen molar-refractivity contribution in [1.29, 1.82) is 0 Å². The molecule has 4 N–H and O–H groups in total. The maximum Gasteiger partial charge on any atom is 0.120 e. The van der Waals surface area contributed by atoms with Crippen LogP contribution in [0.3, 0.4) is 0 Å². The normalized spacial score (nSPS) is 29.6. The number of aryl methyl sites for hydroxylation is 1. The molecule has 5 atom stereocenters. The van der Waals surface area contributed by atoms with Crippen LogP contribution in [0.5, 0.6) is 5.75 Å². The summed E-state index contributed by atoms with van der Waals surface area (Å²) >= 11 is 0. The van der Waals surface area contributed by atoms with Crippen LogP contribution < -0.4 is 5.32 Å². The predicted octanol–water partition coefficient (Wildman–Crippen LogP) is 4.51. The van der Waals surface area contributed by atoms with Gasteiger partial charge in [0.1, 0.15) is 5.75 Å². The molecule has 0 amide bonds. The van der Waals surface area contributed by atoms with Crippen molar-refractivity contribution in [3.8, 4) is 5.75 Å². The molecule has 2 aliphatic carbocycles. The molecule has 0 saturated heterocycles. The highest BCUT2D eigenvalue weighted by Crippen LogP contribution is 2.54. The molecule has 0 aromatic heterocycles. The van der Waals surface area contributed by atoms with Gasteiger partial charge in [-0.2, -0.15) is 0 Å². The Morgan fingerprint density at radius 3 is 2.61 bits per heavy atom. The molecule has 1 fully saturated rings. The second kappa shape index (κ2) is 8.93. The minimum absolute atomic E-state index is 0.0234. The Kier molecular flexibility index (Phi) is 6.43. The predicted molar refractivity (Wildman–Crippen MR) is 124 cm³/mol. The lowest BCUT2D eigenvalue weighted by atomic mass is 9.62. The SMILES string of the molecule is CCC1c2ccc(CO)cc2CCC1C1CC(NCc2ccccc2O)[C@H](O)C1(C)C. The summed E-state index contributed by atoms with van der Waals surface area (Å²) in [6, 6.07) is 13.9. The van der Waals surface area contributed by atoms with Gasteiger partial charge < -0.3 is 20.6 Å². The van der Waals surface area contributed by atoms with E-state index in [9.17, 15) is 15.3 Å². The zero-order chi connectivity index (χ0) is 22.2. The number of aromatic hydroxyl groups is 1. The van der Waals surface area contributed by atoms with E-state index in [0.29, 0.717) is 30.0 Å². The number of hydrogen-bond donors (Lipinski definition) is 4. The summed E-state index contributed by atoms with van der Waals surface area (Å²) in [6.45, 7) is 7.38. The summed E-state index contributed by atoms with van der Waals surface area (Å²) in [7, 11) is 0. The van der Waals surface area contributed by atoms with E-state index in [2.05, 4.69) is 44.3 Å². The molecule has 4 rings (SSSR count). The van der Waals surface area contributed by atoms with Crippen molar-refractivity contribution in [1.82, 2.24) is 5.32 Å². The molecule has 2 aromatic rings. The van der Waals surface area contributed by atoms with Gasteiger partial charge in [-0.1, -0.05) is 57.2 Å². The first-order valence-corrected chi connectivity index (χ1v) is 11.8. The van der Waals surface area contributed by atoms with Gasteiger partial charge in [0.15, 0.2) is 0 Å². The fraction of sp³-hybridized carbons (Fsp3) is 0.556. The highest BCUT2D eigenvalue weighted by Gasteiger charge is 2.52. The van der Waals surface area contributed by atoms with Crippen molar-refractivity contribution in [2.24, 2.45) is 17.3 Å². The van der Waals surface area contributed by atoms with E-state index in [4.69, 9.17) is 0 Å². The van der Waals surface area contributed by atoms with E-state index in [1.807, 2.05) is 18.2 Å². The van der Waals surface area contributed by atoms with Gasteiger partial charge in [0.2, 0.25) is 0 Å². The number of para-hydroxylation sites is 1. The smallest absolute Gasteiger partial charge is 0.120 e. The molecule has 0 radical (unpaired) electrons. The Hall–Kier alpha value is -1.88. The quantitative estimate of drug-likeness (QED) is 0.552. The number of nitrogens with one attached hydrogen (secondary N) is 1. The van der Waals surface area contributed by atoms with Gasteiger partial charge in [-0.25, -0.2) is 0 Å². The lowest BCUT2D eigenvalue weighted by molar-refractivity contribution is 0.0179. The molecule has 1 saturated carbocycles. The average Bonchev–Trinajstić information content (AvgIpc) is 3.00. The van der Waals surface area contributed by atoms with Crippen LogP contribution in [-0.4, -0.2) is 27.5 Å². The van der Waals surface area contributed by atoms with Crippen LogP contribution in [-0.2, 0) is 19.6 Å². The first kappa shape index (κ1) is 22.3. The van der Waals surface area contributed by atoms with Crippen molar-refractivity contribution >= 4 is 0 Å². The number of phenolic OH excluding ortho intramolecular Hbond substituents is 1. The van der Waals surface area contributed by atoms with Crippen LogP contribution in [0, 0.1) is 17.3 Å². The zero-order valence-corrected chi connectivity index (χ0v) is 19.0. The Balaban J connectivity index is 1.53. The van der Waals surface area contributed by atoms with Gasteiger partial charge in [-0.3, -0.25) is 0 Å². The Bertz CT molecular complexity index is 909. The molecule has 0 spiro atoms. The molecular weight excluding hydrogens is 386 g/mol. The molecule has 0 aliphatic heterocycles. The van der Waals surface area contributed by atoms with E-state index in [1.54, 1.807) is 6.07 Å². The summed E-state index contributed by atoms with van der Waals surface area (Å²) in [5, 5.41) is 34.4. The fourth-order valence-corrected chi connectivity index (χ4v) is 6.36. The van der Waals surface area contributed by atoms with Gasteiger partial charge >= 0.3 is 0 Å². The van der Waals surface area contributed by atoms with Crippen LogP contribution in [0.25, 0.3) is 0 Å². The minimum atomic E-state index is -0.418. The molecule has 0 heterocycles. The van der Waals surface area contributed by atoms with Gasteiger partial charge in [0, 0.05) is 18.2 Å². The second-order valence-corrected chi connectivity index (χ2v) is 10.1. The minimum Gasteiger partial charge on any atom is -0.508 e. The molecule has 2 aromatic carbocycles. The van der Waals surface area contributed by atoms with E-state index >= 15 is 0 Å². The molecule has 168 valence electrons.